The van der Waals surface area contributed by atoms with E-state index in [4.69, 9.17) is 5.11 Å². The second-order valence-corrected chi connectivity index (χ2v) is 3.28. The van der Waals surface area contributed by atoms with Gasteiger partial charge >= 0.3 is 5.97 Å². The summed E-state index contributed by atoms with van der Waals surface area (Å²) in [5.41, 5.74) is -0.196. The molecule has 5 nitrogen and oxygen atoms in total. The van der Waals surface area contributed by atoms with Crippen LogP contribution in [0.25, 0.3) is 10.8 Å². The fourth-order valence-electron chi connectivity index (χ4n) is 1.57. The molecule has 16 heavy (non-hydrogen) atoms. The summed E-state index contributed by atoms with van der Waals surface area (Å²) in [6, 6.07) is 5.37. The van der Waals surface area contributed by atoms with Crippen LogP contribution >= 0.6 is 0 Å². The van der Waals surface area contributed by atoms with Crippen LogP contribution < -0.4 is 5.11 Å². The number of fused-ring (bicyclic) bond motifs is 1. The van der Waals surface area contributed by atoms with Crippen molar-refractivity contribution >= 4 is 16.7 Å². The average molecular weight is 219 g/mol. The minimum Gasteiger partial charge on any atom is -0.869 e. The highest BCUT2D eigenvalue weighted by Crippen LogP contribution is 2.40. The Morgan fingerprint density at radius 1 is 1.25 bits per heavy atom. The maximum Gasteiger partial charge on any atom is 0.336 e. The van der Waals surface area contributed by atoms with Crippen molar-refractivity contribution in [2.45, 2.75) is 0 Å². The highest BCUT2D eigenvalue weighted by atomic mass is 16.4. The van der Waals surface area contributed by atoms with Crippen LogP contribution in [0.3, 0.4) is 0 Å². The first-order valence-corrected chi connectivity index (χ1v) is 4.40. The second kappa shape index (κ2) is 3.30. The molecule has 5 heteroatoms. The molecule has 0 aromatic heterocycles. The number of phenolic OH excluding ortho intramolecular Hbond substituents is 2. The lowest BCUT2D eigenvalue weighted by Crippen LogP contribution is -2.01. The van der Waals surface area contributed by atoms with E-state index in [0.29, 0.717) is 0 Å². The predicted molar refractivity (Wildman–Crippen MR) is 53.7 cm³/mol. The number of hydrogen-bond donors (Lipinski definition) is 3. The predicted octanol–water partition coefficient (Wildman–Crippen LogP) is 1.02. The molecule has 0 aliphatic rings. The van der Waals surface area contributed by atoms with Gasteiger partial charge < -0.3 is 20.4 Å². The first-order valence-electron chi connectivity index (χ1n) is 4.40. The Kier molecular flexibility index (Phi) is 2.09. The molecule has 0 saturated heterocycles. The van der Waals surface area contributed by atoms with E-state index in [1.807, 2.05) is 0 Å². The monoisotopic (exact) mass is 219 g/mol. The van der Waals surface area contributed by atoms with E-state index < -0.39 is 23.2 Å². The van der Waals surface area contributed by atoms with E-state index in [0.717, 1.165) is 6.07 Å². The lowest BCUT2D eigenvalue weighted by molar-refractivity contribution is -0.267. The number of phenols is 2. The van der Waals surface area contributed by atoms with Crippen molar-refractivity contribution in [2.24, 2.45) is 0 Å². The molecular formula is C11H7O5-. The molecule has 3 N–H and O–H groups in total. The van der Waals surface area contributed by atoms with Crippen molar-refractivity contribution in [1.29, 1.82) is 0 Å². The number of carboxylic acids is 1. The number of hydrogen-bond acceptors (Lipinski definition) is 4. The lowest BCUT2D eigenvalue weighted by Gasteiger charge is -2.15. The first-order chi connectivity index (χ1) is 7.52. The lowest BCUT2D eigenvalue weighted by atomic mass is 10.0. The third-order valence-corrected chi connectivity index (χ3v) is 2.30. The van der Waals surface area contributed by atoms with Gasteiger partial charge in [0.1, 0.15) is 5.75 Å². The maximum absolute atomic E-state index is 11.6. The van der Waals surface area contributed by atoms with E-state index in [2.05, 4.69) is 0 Å². The summed E-state index contributed by atoms with van der Waals surface area (Å²) in [6.07, 6.45) is 0. The van der Waals surface area contributed by atoms with Gasteiger partial charge in [0.05, 0.1) is 5.56 Å². The Morgan fingerprint density at radius 3 is 2.56 bits per heavy atom. The molecule has 0 heterocycles. The van der Waals surface area contributed by atoms with Crippen LogP contribution in [0.4, 0.5) is 0 Å². The zero-order valence-electron chi connectivity index (χ0n) is 7.97. The Bertz CT molecular complexity index is 588. The third-order valence-electron chi connectivity index (χ3n) is 2.30. The van der Waals surface area contributed by atoms with Gasteiger partial charge in [-0.15, -0.1) is 0 Å². The molecule has 0 unspecified atom stereocenters. The quantitative estimate of drug-likeness (QED) is 0.621. The smallest absolute Gasteiger partial charge is 0.336 e. The molecule has 0 saturated carbocycles. The number of carboxylic acid groups (broad SMARTS) is 1. The molecule has 0 spiro atoms. The number of carbonyl (C=O) groups is 1. The van der Waals surface area contributed by atoms with Crippen molar-refractivity contribution in [3.05, 3.63) is 29.8 Å². The Morgan fingerprint density at radius 2 is 1.94 bits per heavy atom. The molecule has 0 aliphatic carbocycles. The van der Waals surface area contributed by atoms with E-state index in [1.54, 1.807) is 0 Å². The summed E-state index contributed by atoms with van der Waals surface area (Å²) in [6.45, 7) is 0. The molecule has 0 atom stereocenters. The van der Waals surface area contributed by atoms with Gasteiger partial charge in [-0.3, -0.25) is 0 Å². The maximum atomic E-state index is 11.6. The van der Waals surface area contributed by atoms with E-state index in [-0.39, 0.29) is 16.3 Å². The van der Waals surface area contributed by atoms with Gasteiger partial charge in [0.25, 0.3) is 0 Å². The molecule has 82 valence electrons. The van der Waals surface area contributed by atoms with Gasteiger partial charge in [0, 0.05) is 0 Å². The van der Waals surface area contributed by atoms with Crippen molar-refractivity contribution in [3.8, 4) is 17.2 Å². The van der Waals surface area contributed by atoms with Gasteiger partial charge in [-0.05, 0) is 22.9 Å². The largest absolute Gasteiger partial charge is 0.869 e. The van der Waals surface area contributed by atoms with Crippen LogP contribution in [-0.2, 0) is 0 Å². The van der Waals surface area contributed by atoms with Crippen molar-refractivity contribution in [2.75, 3.05) is 0 Å². The van der Waals surface area contributed by atoms with Crippen molar-refractivity contribution in [1.82, 2.24) is 0 Å². The SMILES string of the molecule is O=C(O)c1cccc2cc(O)c(O)c([O-])c12. The van der Waals surface area contributed by atoms with E-state index in [1.165, 1.54) is 18.2 Å². The van der Waals surface area contributed by atoms with Gasteiger partial charge in [-0.2, -0.15) is 0 Å². The molecule has 0 aliphatic heterocycles. The Labute approximate surface area is 89.8 Å². The average Bonchev–Trinajstić information content (AvgIpc) is 2.25. The number of rotatable bonds is 1. The van der Waals surface area contributed by atoms with Crippen LogP contribution in [0.5, 0.6) is 17.2 Å². The summed E-state index contributed by atoms with van der Waals surface area (Å²) < 4.78 is 0. The third kappa shape index (κ3) is 1.30. The summed E-state index contributed by atoms with van der Waals surface area (Å²) in [5.74, 6) is -3.53. The summed E-state index contributed by atoms with van der Waals surface area (Å²) in [4.78, 5) is 10.9. The van der Waals surface area contributed by atoms with Gasteiger partial charge in [0.15, 0.2) is 5.75 Å². The summed E-state index contributed by atoms with van der Waals surface area (Å²) >= 11 is 0. The highest BCUT2D eigenvalue weighted by molar-refractivity contribution is 6.07. The number of aromatic carboxylic acids is 1. The summed E-state index contributed by atoms with van der Waals surface area (Å²) in [5, 5.41) is 39.1. The standard InChI is InChI=1S/C11H8O5/c12-7-4-5-2-1-3-6(11(15)16)8(5)10(14)9(7)13/h1-4,12-14H,(H,15,16)/p-1. The second-order valence-electron chi connectivity index (χ2n) is 3.28. The van der Waals surface area contributed by atoms with Gasteiger partial charge in [-0.25, -0.2) is 4.79 Å². The Hall–Kier alpha value is -2.43. The fraction of sp³-hybridized carbons (Fsp3) is 0. The summed E-state index contributed by atoms with van der Waals surface area (Å²) in [7, 11) is 0. The molecule has 2 aromatic carbocycles. The molecule has 2 rings (SSSR count). The number of benzene rings is 2. The van der Waals surface area contributed by atoms with Crippen LogP contribution in [0.15, 0.2) is 24.3 Å². The van der Waals surface area contributed by atoms with Crippen LogP contribution in [0, 0.1) is 0 Å². The molecular weight excluding hydrogens is 212 g/mol. The Balaban J connectivity index is 2.97. The normalized spacial score (nSPS) is 10.5. The molecule has 0 amide bonds. The molecule has 0 bridgehead atoms. The van der Waals surface area contributed by atoms with Gasteiger partial charge in [0.2, 0.25) is 0 Å². The topological polar surface area (TPSA) is 101 Å². The zero-order chi connectivity index (χ0) is 11.9. The van der Waals surface area contributed by atoms with Crippen LogP contribution in [0.2, 0.25) is 0 Å². The van der Waals surface area contributed by atoms with Gasteiger partial charge in [-0.1, -0.05) is 17.9 Å². The minimum absolute atomic E-state index is 0.106. The van der Waals surface area contributed by atoms with E-state index >= 15 is 0 Å². The molecule has 0 radical (unpaired) electrons. The minimum atomic E-state index is -1.26. The van der Waals surface area contributed by atoms with Crippen molar-refractivity contribution in [3.63, 3.8) is 0 Å². The molecule has 0 fully saturated rings. The first kappa shape index (κ1) is 10.1. The zero-order valence-corrected chi connectivity index (χ0v) is 7.97. The fourth-order valence-corrected chi connectivity index (χ4v) is 1.57. The van der Waals surface area contributed by atoms with E-state index in [9.17, 15) is 20.1 Å². The molecule has 2 aromatic rings. The number of aromatic hydroxyl groups is 2. The highest BCUT2D eigenvalue weighted by Gasteiger charge is 2.12. The van der Waals surface area contributed by atoms with Crippen LogP contribution in [-0.4, -0.2) is 21.3 Å². The van der Waals surface area contributed by atoms with Crippen molar-refractivity contribution < 1.29 is 25.2 Å². The van der Waals surface area contributed by atoms with Crippen LogP contribution in [0.1, 0.15) is 10.4 Å².